The van der Waals surface area contributed by atoms with Crippen LogP contribution in [-0.2, 0) is 14.4 Å². The molecule has 0 aliphatic heterocycles. The Labute approximate surface area is 168 Å². The van der Waals surface area contributed by atoms with Crippen molar-refractivity contribution in [3.05, 3.63) is 33.9 Å². The number of likely N-dealkylation sites (N-methyl/N-ethyl adjacent to an activating group) is 2. The summed E-state index contributed by atoms with van der Waals surface area (Å²) in [6, 6.07) is 5.75. The van der Waals surface area contributed by atoms with Crippen LogP contribution in [0.5, 0.6) is 0 Å². The standard InChI is InChI=1S/C19H23N5O5/c1-4-17(25)22(2)11-18(26)23(3)13-7-8-14(16(9-13)24(28)29)15(10-20)19(27)21-12-5-6-12/h7-9,12,15H,4-6,11H2,1-3H3,(H,21,27). The van der Waals surface area contributed by atoms with Crippen molar-refractivity contribution in [1.29, 1.82) is 5.26 Å². The summed E-state index contributed by atoms with van der Waals surface area (Å²) in [4.78, 5) is 49.7. The molecule has 0 aromatic heterocycles. The van der Waals surface area contributed by atoms with E-state index in [9.17, 15) is 29.8 Å². The number of nitrogens with one attached hydrogen (secondary N) is 1. The summed E-state index contributed by atoms with van der Waals surface area (Å²) in [6.07, 6.45) is 1.91. The van der Waals surface area contributed by atoms with Gasteiger partial charge in [-0.25, -0.2) is 0 Å². The largest absolute Gasteiger partial charge is 0.352 e. The molecule has 154 valence electrons. The average Bonchev–Trinajstić information content (AvgIpc) is 3.51. The fourth-order valence-corrected chi connectivity index (χ4v) is 2.74. The second-order valence-corrected chi connectivity index (χ2v) is 6.90. The third-order valence-corrected chi connectivity index (χ3v) is 4.70. The predicted octanol–water partition coefficient (Wildman–Crippen LogP) is 1.31. The van der Waals surface area contributed by atoms with Gasteiger partial charge in [0.2, 0.25) is 17.7 Å². The Morgan fingerprint density at radius 2 is 1.97 bits per heavy atom. The molecule has 1 aliphatic carbocycles. The highest BCUT2D eigenvalue weighted by Crippen LogP contribution is 2.32. The fourth-order valence-electron chi connectivity index (χ4n) is 2.74. The average molecular weight is 401 g/mol. The lowest BCUT2D eigenvalue weighted by Crippen LogP contribution is -2.39. The highest BCUT2D eigenvalue weighted by atomic mass is 16.6. The number of rotatable bonds is 8. The van der Waals surface area contributed by atoms with Gasteiger partial charge in [-0.1, -0.05) is 6.92 Å². The van der Waals surface area contributed by atoms with Crippen molar-refractivity contribution in [2.45, 2.75) is 38.1 Å². The van der Waals surface area contributed by atoms with E-state index in [-0.39, 0.29) is 36.2 Å². The number of anilines is 1. The molecule has 1 aliphatic rings. The molecule has 1 N–H and O–H groups in total. The number of hydrogen-bond acceptors (Lipinski definition) is 6. The van der Waals surface area contributed by atoms with E-state index in [0.29, 0.717) is 0 Å². The molecule has 1 aromatic carbocycles. The lowest BCUT2D eigenvalue weighted by molar-refractivity contribution is -0.385. The Bertz CT molecular complexity index is 874. The predicted molar refractivity (Wildman–Crippen MR) is 104 cm³/mol. The van der Waals surface area contributed by atoms with Crippen molar-refractivity contribution in [1.82, 2.24) is 10.2 Å². The zero-order valence-electron chi connectivity index (χ0n) is 16.5. The highest BCUT2D eigenvalue weighted by Gasteiger charge is 2.32. The third-order valence-electron chi connectivity index (χ3n) is 4.70. The summed E-state index contributed by atoms with van der Waals surface area (Å²) in [5, 5.41) is 23.6. The first-order valence-electron chi connectivity index (χ1n) is 9.18. The van der Waals surface area contributed by atoms with Crippen molar-refractivity contribution < 1.29 is 19.3 Å². The molecule has 10 heteroatoms. The van der Waals surface area contributed by atoms with Crippen LogP contribution in [0.3, 0.4) is 0 Å². The summed E-state index contributed by atoms with van der Waals surface area (Å²) in [7, 11) is 2.94. The fraction of sp³-hybridized carbons (Fsp3) is 0.474. The normalized spacial score (nSPS) is 13.7. The molecule has 3 amide bonds. The Morgan fingerprint density at radius 1 is 1.31 bits per heavy atom. The van der Waals surface area contributed by atoms with Crippen molar-refractivity contribution in [2.24, 2.45) is 0 Å². The van der Waals surface area contributed by atoms with Crippen LogP contribution in [0.2, 0.25) is 0 Å². The van der Waals surface area contributed by atoms with Gasteiger partial charge in [0, 0.05) is 32.6 Å². The van der Waals surface area contributed by atoms with E-state index in [1.54, 1.807) is 6.92 Å². The Balaban J connectivity index is 2.27. The van der Waals surface area contributed by atoms with E-state index in [1.807, 2.05) is 6.07 Å². The van der Waals surface area contributed by atoms with E-state index in [4.69, 9.17) is 0 Å². The van der Waals surface area contributed by atoms with Gasteiger partial charge in [0.05, 0.1) is 28.8 Å². The number of carbonyl (C=O) groups is 3. The van der Waals surface area contributed by atoms with Gasteiger partial charge in [0.15, 0.2) is 5.92 Å². The lowest BCUT2D eigenvalue weighted by Gasteiger charge is -2.22. The maximum atomic E-state index is 12.4. The topological polar surface area (TPSA) is 137 Å². The molecule has 1 fully saturated rings. The van der Waals surface area contributed by atoms with E-state index >= 15 is 0 Å². The van der Waals surface area contributed by atoms with Crippen LogP contribution in [0.1, 0.15) is 37.7 Å². The van der Waals surface area contributed by atoms with Crippen molar-refractivity contribution in [3.63, 3.8) is 0 Å². The number of nitro groups is 1. The number of nitriles is 1. The monoisotopic (exact) mass is 401 g/mol. The van der Waals surface area contributed by atoms with E-state index < -0.39 is 28.3 Å². The number of amides is 3. The van der Waals surface area contributed by atoms with E-state index in [0.717, 1.165) is 18.9 Å². The molecule has 29 heavy (non-hydrogen) atoms. The molecular weight excluding hydrogens is 378 g/mol. The van der Waals surface area contributed by atoms with Gasteiger partial charge in [-0.05, 0) is 25.0 Å². The zero-order valence-corrected chi connectivity index (χ0v) is 16.5. The SMILES string of the molecule is CCC(=O)N(C)CC(=O)N(C)c1ccc(C(C#N)C(=O)NC2CC2)c([N+](=O)[O-])c1. The van der Waals surface area contributed by atoms with Crippen LogP contribution in [-0.4, -0.2) is 54.2 Å². The Kier molecular flexibility index (Phi) is 6.88. The third kappa shape index (κ3) is 5.28. The van der Waals surface area contributed by atoms with Crippen LogP contribution in [0.15, 0.2) is 18.2 Å². The minimum Gasteiger partial charge on any atom is -0.352 e. The number of nitro benzene ring substituents is 1. The quantitative estimate of drug-likeness (QED) is 0.515. The first kappa shape index (κ1) is 21.8. The van der Waals surface area contributed by atoms with Gasteiger partial charge in [-0.15, -0.1) is 0 Å². The molecule has 0 radical (unpaired) electrons. The van der Waals surface area contributed by atoms with Gasteiger partial charge in [0.1, 0.15) is 0 Å². The van der Waals surface area contributed by atoms with E-state index in [1.165, 1.54) is 36.0 Å². The summed E-state index contributed by atoms with van der Waals surface area (Å²) >= 11 is 0. The van der Waals surface area contributed by atoms with Gasteiger partial charge >= 0.3 is 0 Å². The molecule has 1 unspecified atom stereocenters. The van der Waals surface area contributed by atoms with Crippen molar-refractivity contribution in [3.8, 4) is 6.07 Å². The molecule has 0 saturated heterocycles. The minimum atomic E-state index is -1.32. The van der Waals surface area contributed by atoms with Crippen LogP contribution in [0.25, 0.3) is 0 Å². The maximum Gasteiger partial charge on any atom is 0.276 e. The van der Waals surface area contributed by atoms with Crippen molar-refractivity contribution in [2.75, 3.05) is 25.5 Å². The van der Waals surface area contributed by atoms with Crippen LogP contribution in [0.4, 0.5) is 11.4 Å². The zero-order chi connectivity index (χ0) is 21.7. The summed E-state index contributed by atoms with van der Waals surface area (Å²) < 4.78 is 0. The van der Waals surface area contributed by atoms with Gasteiger partial charge in [-0.2, -0.15) is 5.26 Å². The number of nitrogens with zero attached hydrogens (tertiary/aromatic N) is 4. The van der Waals surface area contributed by atoms with Gasteiger partial charge in [-0.3, -0.25) is 24.5 Å². The summed E-state index contributed by atoms with van der Waals surface area (Å²) in [5.41, 5.74) is -0.224. The molecule has 0 spiro atoms. The second-order valence-electron chi connectivity index (χ2n) is 6.90. The maximum absolute atomic E-state index is 12.4. The number of carbonyl (C=O) groups excluding carboxylic acids is 3. The van der Waals surface area contributed by atoms with Crippen LogP contribution in [0, 0.1) is 21.4 Å². The summed E-state index contributed by atoms with van der Waals surface area (Å²) in [5.74, 6) is -2.53. The Hall–Kier alpha value is -3.48. The van der Waals surface area contributed by atoms with Gasteiger partial charge in [0.25, 0.3) is 5.69 Å². The number of hydrogen-bond donors (Lipinski definition) is 1. The molecule has 1 aromatic rings. The number of benzene rings is 1. The second kappa shape index (κ2) is 9.14. The molecular formula is C19H23N5O5. The van der Waals surface area contributed by atoms with Gasteiger partial charge < -0.3 is 15.1 Å². The minimum absolute atomic E-state index is 0.0169. The highest BCUT2D eigenvalue weighted by molar-refractivity contribution is 5.97. The van der Waals surface area contributed by atoms with Crippen LogP contribution >= 0.6 is 0 Å². The molecule has 0 heterocycles. The summed E-state index contributed by atoms with van der Waals surface area (Å²) in [6.45, 7) is 1.50. The van der Waals surface area contributed by atoms with Crippen molar-refractivity contribution >= 4 is 29.1 Å². The Morgan fingerprint density at radius 3 is 2.48 bits per heavy atom. The smallest absolute Gasteiger partial charge is 0.276 e. The molecule has 2 rings (SSSR count). The molecule has 10 nitrogen and oxygen atoms in total. The van der Waals surface area contributed by atoms with E-state index in [2.05, 4.69) is 5.32 Å². The first-order valence-corrected chi connectivity index (χ1v) is 9.18. The first-order chi connectivity index (χ1) is 13.7. The molecule has 0 bridgehead atoms. The van der Waals surface area contributed by atoms with Crippen LogP contribution < -0.4 is 10.2 Å². The molecule has 1 atom stereocenters. The molecule has 1 saturated carbocycles. The lowest BCUT2D eigenvalue weighted by atomic mass is 9.97.